The summed E-state index contributed by atoms with van der Waals surface area (Å²) < 4.78 is 6.14. The van der Waals surface area contributed by atoms with E-state index in [-0.39, 0.29) is 12.7 Å². The SMILES string of the molecule is OC[C@H]1C=Cc2ccnc(Br)c2O1. The maximum absolute atomic E-state index is 8.90. The quantitative estimate of drug-likeness (QED) is 0.760. The molecule has 3 nitrogen and oxygen atoms in total. The molecule has 1 aliphatic rings. The summed E-state index contributed by atoms with van der Waals surface area (Å²) in [5.74, 6) is 0.698. The molecule has 1 atom stereocenters. The number of fused-ring (bicyclic) bond motifs is 1. The van der Waals surface area contributed by atoms with Crippen molar-refractivity contribution >= 4 is 22.0 Å². The Kier molecular flexibility index (Phi) is 2.33. The van der Waals surface area contributed by atoms with Crippen LogP contribution < -0.4 is 4.74 Å². The number of hydrogen-bond donors (Lipinski definition) is 1. The summed E-state index contributed by atoms with van der Waals surface area (Å²) in [5.41, 5.74) is 0.978. The van der Waals surface area contributed by atoms with Crippen molar-refractivity contribution in [3.05, 3.63) is 28.5 Å². The van der Waals surface area contributed by atoms with Crippen molar-refractivity contribution in [1.82, 2.24) is 4.98 Å². The molecule has 0 amide bonds. The number of rotatable bonds is 1. The van der Waals surface area contributed by atoms with E-state index in [0.717, 1.165) is 5.56 Å². The predicted octanol–water partition coefficient (Wildman–Crippen LogP) is 1.61. The standard InChI is InChI=1S/C9H8BrNO2/c10-9-8-6(3-4-11-9)1-2-7(5-12)13-8/h1-4,7,12H,5H2/t7-/m1/s1. The molecule has 1 N–H and O–H groups in total. The fourth-order valence-electron chi connectivity index (χ4n) is 1.18. The Balaban J connectivity index is 2.41. The fraction of sp³-hybridized carbons (Fsp3) is 0.222. The molecule has 4 heteroatoms. The van der Waals surface area contributed by atoms with Crippen LogP contribution in [0.3, 0.4) is 0 Å². The highest BCUT2D eigenvalue weighted by Gasteiger charge is 2.16. The number of pyridine rings is 1. The van der Waals surface area contributed by atoms with Crippen LogP contribution in [0.2, 0.25) is 0 Å². The average molecular weight is 242 g/mol. The van der Waals surface area contributed by atoms with Gasteiger partial charge in [-0.15, -0.1) is 0 Å². The van der Waals surface area contributed by atoms with E-state index >= 15 is 0 Å². The van der Waals surface area contributed by atoms with Gasteiger partial charge in [0, 0.05) is 11.8 Å². The highest BCUT2D eigenvalue weighted by molar-refractivity contribution is 9.10. The zero-order chi connectivity index (χ0) is 9.26. The molecule has 0 bridgehead atoms. The first-order valence-electron chi connectivity index (χ1n) is 3.91. The van der Waals surface area contributed by atoms with E-state index in [4.69, 9.17) is 9.84 Å². The van der Waals surface area contributed by atoms with Gasteiger partial charge in [-0.25, -0.2) is 4.98 Å². The first kappa shape index (κ1) is 8.72. The van der Waals surface area contributed by atoms with E-state index in [0.29, 0.717) is 10.4 Å². The summed E-state index contributed by atoms with van der Waals surface area (Å²) in [6, 6.07) is 1.87. The summed E-state index contributed by atoms with van der Waals surface area (Å²) in [7, 11) is 0. The second-order valence-electron chi connectivity index (χ2n) is 2.72. The van der Waals surface area contributed by atoms with E-state index in [9.17, 15) is 0 Å². The van der Waals surface area contributed by atoms with E-state index in [1.165, 1.54) is 0 Å². The molecule has 0 saturated heterocycles. The summed E-state index contributed by atoms with van der Waals surface area (Å²) in [6.07, 6.45) is 5.20. The van der Waals surface area contributed by atoms with Gasteiger partial charge in [0.15, 0.2) is 5.75 Å². The smallest absolute Gasteiger partial charge is 0.160 e. The zero-order valence-electron chi connectivity index (χ0n) is 6.77. The van der Waals surface area contributed by atoms with E-state index in [1.54, 1.807) is 6.20 Å². The third kappa shape index (κ3) is 1.59. The van der Waals surface area contributed by atoms with Crippen molar-refractivity contribution in [3.8, 4) is 5.75 Å². The second kappa shape index (κ2) is 3.47. The Bertz CT molecular complexity index is 351. The molecular formula is C9H8BrNO2. The minimum Gasteiger partial charge on any atom is -0.480 e. The Hall–Kier alpha value is -0.870. The largest absolute Gasteiger partial charge is 0.480 e. The maximum Gasteiger partial charge on any atom is 0.160 e. The molecule has 0 saturated carbocycles. The van der Waals surface area contributed by atoms with Crippen LogP contribution >= 0.6 is 15.9 Å². The molecule has 1 aliphatic heterocycles. The van der Waals surface area contributed by atoms with Gasteiger partial charge >= 0.3 is 0 Å². The van der Waals surface area contributed by atoms with Gasteiger partial charge in [0.1, 0.15) is 10.7 Å². The molecule has 2 heterocycles. The number of aliphatic hydroxyl groups excluding tert-OH is 1. The summed E-state index contributed by atoms with van der Waals surface area (Å²) in [4.78, 5) is 4.04. The Morgan fingerprint density at radius 1 is 1.62 bits per heavy atom. The van der Waals surface area contributed by atoms with Crippen LogP contribution in [-0.4, -0.2) is 22.8 Å². The minimum atomic E-state index is -0.256. The molecule has 0 aliphatic carbocycles. The Morgan fingerprint density at radius 3 is 3.23 bits per heavy atom. The Morgan fingerprint density at radius 2 is 2.46 bits per heavy atom. The molecule has 0 fully saturated rings. The molecule has 1 aromatic heterocycles. The lowest BCUT2D eigenvalue weighted by atomic mass is 10.1. The number of aromatic nitrogens is 1. The first-order chi connectivity index (χ1) is 6.31. The lowest BCUT2D eigenvalue weighted by Gasteiger charge is -2.19. The average Bonchev–Trinajstić information content (AvgIpc) is 2.18. The van der Waals surface area contributed by atoms with Crippen molar-refractivity contribution in [2.45, 2.75) is 6.10 Å². The van der Waals surface area contributed by atoms with Crippen LogP contribution in [0.5, 0.6) is 5.75 Å². The molecule has 1 aromatic rings. The van der Waals surface area contributed by atoms with Gasteiger partial charge in [-0.1, -0.05) is 6.08 Å². The predicted molar refractivity (Wildman–Crippen MR) is 52.5 cm³/mol. The lowest BCUT2D eigenvalue weighted by molar-refractivity contribution is 0.146. The normalized spacial score (nSPS) is 19.4. The van der Waals surface area contributed by atoms with Crippen molar-refractivity contribution in [2.24, 2.45) is 0 Å². The zero-order valence-corrected chi connectivity index (χ0v) is 8.36. The third-order valence-electron chi connectivity index (χ3n) is 1.83. The molecule has 2 rings (SSSR count). The topological polar surface area (TPSA) is 42.4 Å². The van der Waals surface area contributed by atoms with Crippen LogP contribution in [0.15, 0.2) is 22.9 Å². The van der Waals surface area contributed by atoms with Gasteiger partial charge in [0.05, 0.1) is 6.61 Å². The fourth-order valence-corrected chi connectivity index (χ4v) is 1.62. The molecule has 0 spiro atoms. The lowest BCUT2D eigenvalue weighted by Crippen LogP contribution is -2.21. The molecule has 0 radical (unpaired) electrons. The molecule has 68 valence electrons. The monoisotopic (exact) mass is 241 g/mol. The molecule has 0 unspecified atom stereocenters. The van der Waals surface area contributed by atoms with Crippen molar-refractivity contribution in [1.29, 1.82) is 0 Å². The van der Waals surface area contributed by atoms with E-state index in [2.05, 4.69) is 20.9 Å². The highest BCUT2D eigenvalue weighted by atomic mass is 79.9. The van der Waals surface area contributed by atoms with Crippen molar-refractivity contribution in [2.75, 3.05) is 6.61 Å². The highest BCUT2D eigenvalue weighted by Crippen LogP contribution is 2.31. The first-order valence-corrected chi connectivity index (χ1v) is 4.71. The maximum atomic E-state index is 8.90. The van der Waals surface area contributed by atoms with Crippen LogP contribution in [0.4, 0.5) is 0 Å². The third-order valence-corrected chi connectivity index (χ3v) is 2.40. The van der Waals surface area contributed by atoms with Crippen LogP contribution in [-0.2, 0) is 0 Å². The van der Waals surface area contributed by atoms with Gasteiger partial charge in [-0.3, -0.25) is 0 Å². The summed E-state index contributed by atoms with van der Waals surface area (Å²) >= 11 is 3.29. The van der Waals surface area contributed by atoms with Gasteiger partial charge in [0.25, 0.3) is 0 Å². The molecule has 0 aromatic carbocycles. The number of ether oxygens (including phenoxy) is 1. The number of hydrogen-bond acceptors (Lipinski definition) is 3. The Labute approximate surface area is 84.2 Å². The van der Waals surface area contributed by atoms with Gasteiger partial charge < -0.3 is 9.84 Å². The van der Waals surface area contributed by atoms with Crippen LogP contribution in [0.25, 0.3) is 6.08 Å². The van der Waals surface area contributed by atoms with Crippen molar-refractivity contribution in [3.63, 3.8) is 0 Å². The van der Waals surface area contributed by atoms with Gasteiger partial charge in [-0.2, -0.15) is 0 Å². The van der Waals surface area contributed by atoms with Gasteiger partial charge in [-0.05, 0) is 28.1 Å². The number of halogens is 1. The second-order valence-corrected chi connectivity index (χ2v) is 3.47. The van der Waals surface area contributed by atoms with Crippen LogP contribution in [0, 0.1) is 0 Å². The molecule has 13 heavy (non-hydrogen) atoms. The summed E-state index contributed by atoms with van der Waals surface area (Å²) in [5, 5.41) is 8.90. The minimum absolute atomic E-state index is 0.0166. The summed E-state index contributed by atoms with van der Waals surface area (Å²) in [6.45, 7) is -0.0166. The van der Waals surface area contributed by atoms with Gasteiger partial charge in [0.2, 0.25) is 0 Å². The molecular weight excluding hydrogens is 234 g/mol. The van der Waals surface area contributed by atoms with E-state index in [1.807, 2.05) is 18.2 Å². The van der Waals surface area contributed by atoms with Crippen molar-refractivity contribution < 1.29 is 9.84 Å². The van der Waals surface area contributed by atoms with Crippen LogP contribution in [0.1, 0.15) is 5.56 Å². The number of nitrogens with zero attached hydrogens (tertiary/aromatic N) is 1. The van der Waals surface area contributed by atoms with E-state index < -0.39 is 0 Å². The number of aliphatic hydroxyl groups is 1.